The molecule has 3 aromatic rings. The lowest BCUT2D eigenvalue weighted by molar-refractivity contribution is 0.486. The molecule has 3 heteroatoms. The highest BCUT2D eigenvalue weighted by Gasteiger charge is 2.21. The number of para-hydroxylation sites is 1. The molecule has 4 rings (SSSR count). The van der Waals surface area contributed by atoms with Gasteiger partial charge < -0.3 is 4.74 Å². The van der Waals surface area contributed by atoms with E-state index < -0.39 is 0 Å². The Hall–Kier alpha value is -1.87. The van der Waals surface area contributed by atoms with Gasteiger partial charge in [0, 0.05) is 21.6 Å². The van der Waals surface area contributed by atoms with Gasteiger partial charge in [-0.2, -0.15) is 0 Å². The molecular formula is C15H8BrNO. The lowest BCUT2D eigenvalue weighted by Gasteiger charge is -2.20. The van der Waals surface area contributed by atoms with Crippen LogP contribution in [-0.2, 0) is 0 Å². The Bertz CT molecular complexity index is 783. The summed E-state index contributed by atoms with van der Waals surface area (Å²) < 4.78 is 6.94. The summed E-state index contributed by atoms with van der Waals surface area (Å²) >= 11 is 3.54. The average Bonchev–Trinajstić information content (AvgIpc) is 2.42. The van der Waals surface area contributed by atoms with Crippen LogP contribution < -0.4 is 4.74 Å². The zero-order valence-electron chi connectivity index (χ0n) is 9.35. The van der Waals surface area contributed by atoms with E-state index in [4.69, 9.17) is 4.74 Å². The Morgan fingerprint density at radius 3 is 2.72 bits per heavy atom. The molecule has 0 radical (unpaired) electrons. The smallest absolute Gasteiger partial charge is 0.137 e. The van der Waals surface area contributed by atoms with Gasteiger partial charge in [-0.15, -0.1) is 0 Å². The van der Waals surface area contributed by atoms with Gasteiger partial charge in [0.25, 0.3) is 0 Å². The number of aromatic nitrogens is 1. The van der Waals surface area contributed by atoms with Crippen molar-refractivity contribution in [2.45, 2.75) is 0 Å². The lowest BCUT2D eigenvalue weighted by atomic mass is 10.0. The zero-order chi connectivity index (χ0) is 12.1. The second-order valence-corrected chi connectivity index (χ2v) is 5.09. The summed E-state index contributed by atoms with van der Waals surface area (Å²) in [5, 5.41) is 2.21. The van der Waals surface area contributed by atoms with E-state index in [1.54, 1.807) is 0 Å². The predicted molar refractivity (Wildman–Crippen MR) is 75.0 cm³/mol. The minimum absolute atomic E-state index is 0.868. The zero-order valence-corrected chi connectivity index (χ0v) is 10.9. The van der Waals surface area contributed by atoms with Gasteiger partial charge in [0.15, 0.2) is 0 Å². The number of nitrogens with zero attached hydrogens (tertiary/aromatic N) is 1. The van der Waals surface area contributed by atoms with Crippen LogP contribution in [0.25, 0.3) is 22.0 Å². The molecule has 0 bridgehead atoms. The molecule has 2 heterocycles. The predicted octanol–water partition coefficient (Wildman–Crippen LogP) is 4.77. The van der Waals surface area contributed by atoms with Crippen LogP contribution in [0.15, 0.2) is 53.1 Å². The first-order chi connectivity index (χ1) is 8.84. The molecule has 1 aromatic heterocycles. The maximum atomic E-state index is 5.94. The van der Waals surface area contributed by atoms with Crippen molar-refractivity contribution in [3.05, 3.63) is 53.1 Å². The molecule has 86 valence electrons. The number of hydrogen-bond acceptors (Lipinski definition) is 2. The van der Waals surface area contributed by atoms with Crippen molar-refractivity contribution in [1.82, 2.24) is 4.98 Å². The van der Waals surface area contributed by atoms with Crippen molar-refractivity contribution < 1.29 is 4.74 Å². The number of benzene rings is 2. The van der Waals surface area contributed by atoms with Crippen molar-refractivity contribution in [2.75, 3.05) is 0 Å². The molecule has 2 nitrogen and oxygen atoms in total. The van der Waals surface area contributed by atoms with Crippen molar-refractivity contribution in [3.63, 3.8) is 0 Å². The molecule has 0 amide bonds. The van der Waals surface area contributed by atoms with E-state index in [0.29, 0.717) is 0 Å². The standard InChI is InChI=1S/C15H8BrNO/c16-11-8-17-15-10-4-1-2-6-12(10)18-13-7-3-5-9(11)14(13)15/h1-8H. The van der Waals surface area contributed by atoms with Crippen LogP contribution in [-0.4, -0.2) is 4.98 Å². The molecule has 0 aliphatic carbocycles. The molecule has 18 heavy (non-hydrogen) atoms. The van der Waals surface area contributed by atoms with E-state index in [0.717, 1.165) is 38.0 Å². The molecule has 1 aliphatic heterocycles. The Morgan fingerprint density at radius 2 is 1.78 bits per heavy atom. The Labute approximate surface area is 112 Å². The van der Waals surface area contributed by atoms with Crippen LogP contribution in [0.1, 0.15) is 0 Å². The van der Waals surface area contributed by atoms with Gasteiger partial charge in [0.05, 0.1) is 11.1 Å². The molecule has 2 aromatic carbocycles. The van der Waals surface area contributed by atoms with Crippen molar-refractivity contribution in [3.8, 4) is 22.8 Å². The molecule has 0 N–H and O–H groups in total. The molecule has 0 saturated carbocycles. The molecule has 1 aliphatic rings. The number of ether oxygens (including phenoxy) is 1. The topological polar surface area (TPSA) is 22.1 Å². The number of pyridine rings is 1. The Kier molecular flexibility index (Phi) is 2.00. The average molecular weight is 298 g/mol. The summed E-state index contributed by atoms with van der Waals surface area (Å²) in [6, 6.07) is 14.1. The van der Waals surface area contributed by atoms with Crippen LogP contribution in [0.4, 0.5) is 0 Å². The van der Waals surface area contributed by atoms with Gasteiger partial charge in [-0.25, -0.2) is 0 Å². The van der Waals surface area contributed by atoms with Crippen molar-refractivity contribution in [2.24, 2.45) is 0 Å². The van der Waals surface area contributed by atoms with Gasteiger partial charge in [-0.05, 0) is 34.1 Å². The van der Waals surface area contributed by atoms with Crippen LogP contribution >= 0.6 is 15.9 Å². The normalized spacial score (nSPS) is 12.1. The molecular weight excluding hydrogens is 290 g/mol. The van der Waals surface area contributed by atoms with Gasteiger partial charge in [0.2, 0.25) is 0 Å². The highest BCUT2D eigenvalue weighted by molar-refractivity contribution is 9.10. The quantitative estimate of drug-likeness (QED) is 0.466. The first-order valence-electron chi connectivity index (χ1n) is 5.69. The first kappa shape index (κ1) is 10.1. The molecule has 0 spiro atoms. The third kappa shape index (κ3) is 1.25. The van der Waals surface area contributed by atoms with E-state index in [-0.39, 0.29) is 0 Å². The number of hydrogen-bond donors (Lipinski definition) is 0. The summed E-state index contributed by atoms with van der Waals surface area (Å²) in [6.45, 7) is 0. The summed E-state index contributed by atoms with van der Waals surface area (Å²) in [5.41, 5.74) is 2.04. The van der Waals surface area contributed by atoms with Gasteiger partial charge in [0.1, 0.15) is 11.5 Å². The van der Waals surface area contributed by atoms with Crippen LogP contribution in [0.5, 0.6) is 11.5 Å². The van der Waals surface area contributed by atoms with E-state index in [2.05, 4.69) is 27.0 Å². The van der Waals surface area contributed by atoms with Crippen molar-refractivity contribution in [1.29, 1.82) is 0 Å². The maximum absolute atomic E-state index is 5.94. The highest BCUT2D eigenvalue weighted by Crippen LogP contribution is 2.46. The molecule has 0 saturated heterocycles. The minimum Gasteiger partial charge on any atom is -0.456 e. The Balaban J connectivity index is 2.22. The monoisotopic (exact) mass is 297 g/mol. The third-order valence-electron chi connectivity index (χ3n) is 3.19. The molecule has 0 fully saturated rings. The lowest BCUT2D eigenvalue weighted by Crippen LogP contribution is -1.98. The minimum atomic E-state index is 0.868. The van der Waals surface area contributed by atoms with E-state index in [1.165, 1.54) is 0 Å². The van der Waals surface area contributed by atoms with Crippen molar-refractivity contribution >= 4 is 26.7 Å². The number of halogens is 1. The van der Waals surface area contributed by atoms with E-state index >= 15 is 0 Å². The Morgan fingerprint density at radius 1 is 0.944 bits per heavy atom. The molecule has 0 unspecified atom stereocenters. The second-order valence-electron chi connectivity index (χ2n) is 4.23. The van der Waals surface area contributed by atoms with Gasteiger partial charge in [-0.1, -0.05) is 24.3 Å². The maximum Gasteiger partial charge on any atom is 0.137 e. The van der Waals surface area contributed by atoms with Gasteiger partial charge >= 0.3 is 0 Å². The third-order valence-corrected chi connectivity index (χ3v) is 3.82. The fraction of sp³-hybridized carbons (Fsp3) is 0. The second kappa shape index (κ2) is 3.56. The number of rotatable bonds is 0. The summed E-state index contributed by atoms with van der Waals surface area (Å²) in [5.74, 6) is 1.74. The summed E-state index contributed by atoms with van der Waals surface area (Å²) in [7, 11) is 0. The van der Waals surface area contributed by atoms with E-state index in [1.807, 2.05) is 42.6 Å². The largest absolute Gasteiger partial charge is 0.456 e. The van der Waals surface area contributed by atoms with Crippen LogP contribution in [0, 0.1) is 0 Å². The highest BCUT2D eigenvalue weighted by atomic mass is 79.9. The molecule has 0 atom stereocenters. The summed E-state index contributed by atoms with van der Waals surface area (Å²) in [4.78, 5) is 4.55. The van der Waals surface area contributed by atoms with Crippen LogP contribution in [0.3, 0.4) is 0 Å². The van der Waals surface area contributed by atoms with Gasteiger partial charge in [-0.3, -0.25) is 4.98 Å². The first-order valence-corrected chi connectivity index (χ1v) is 6.48. The van der Waals surface area contributed by atoms with Crippen LogP contribution in [0.2, 0.25) is 0 Å². The summed E-state index contributed by atoms with van der Waals surface area (Å²) in [6.07, 6.45) is 1.85. The fourth-order valence-corrected chi connectivity index (χ4v) is 2.82. The van der Waals surface area contributed by atoms with E-state index in [9.17, 15) is 0 Å². The fourth-order valence-electron chi connectivity index (χ4n) is 2.39. The number of fused-ring (bicyclic) bond motifs is 2. The SMILES string of the molecule is Brc1cnc2c3c(cccc13)Oc1ccccc1-2.